The Bertz CT molecular complexity index is 914. The number of nitrogens with one attached hydrogen (secondary N) is 1. The number of carbonyl (C=O) groups is 2. The van der Waals surface area contributed by atoms with Crippen LogP contribution in [-0.2, 0) is 14.3 Å². The van der Waals surface area contributed by atoms with Gasteiger partial charge in [0.05, 0.1) is 17.2 Å². The fraction of sp³-hybridized carbons (Fsp3) is 0.652. The molecule has 0 aliphatic heterocycles. The number of fused-ring (bicyclic) bond motifs is 2. The smallest absolute Gasteiger partial charge is 0.305 e. The first-order valence-corrected chi connectivity index (χ1v) is 13.5. The molecule has 2 aromatic heterocycles. The summed E-state index contributed by atoms with van der Waals surface area (Å²) in [5, 5.41) is 14.8. The Hall–Kier alpha value is -1.87. The van der Waals surface area contributed by atoms with Gasteiger partial charge in [-0.25, -0.2) is 0 Å². The van der Waals surface area contributed by atoms with Crippen LogP contribution in [0.1, 0.15) is 58.4 Å². The molecule has 2 aliphatic carbocycles. The van der Waals surface area contributed by atoms with Gasteiger partial charge in [0.25, 0.3) is 0 Å². The average molecular weight is 477 g/mol. The maximum absolute atomic E-state index is 12.4. The maximum atomic E-state index is 12.4. The predicted octanol–water partition coefficient (Wildman–Crippen LogP) is 4.56. The highest BCUT2D eigenvalue weighted by Gasteiger charge is 2.43. The Balaban J connectivity index is 1.38. The van der Waals surface area contributed by atoms with E-state index in [9.17, 15) is 9.59 Å². The molecule has 2 heterocycles. The van der Waals surface area contributed by atoms with Crippen molar-refractivity contribution in [2.24, 2.45) is 17.8 Å². The molecule has 0 saturated heterocycles. The second-order valence-electron chi connectivity index (χ2n) is 8.78. The van der Waals surface area contributed by atoms with Gasteiger partial charge >= 0.3 is 5.97 Å². The monoisotopic (exact) mass is 476 g/mol. The Kier molecular flexibility index (Phi) is 7.88. The van der Waals surface area contributed by atoms with Crippen molar-refractivity contribution in [1.29, 1.82) is 0 Å². The SMILES string of the molecule is CCOC(=O)CCCNC(=O)CSc1nnc(-c2cccs2)n1[C@@H](C)[C@H]1C[C@H]2CC[C@H]1C2. The Labute approximate surface area is 197 Å². The van der Waals surface area contributed by atoms with Crippen molar-refractivity contribution in [1.82, 2.24) is 20.1 Å². The van der Waals surface area contributed by atoms with Crippen LogP contribution in [0.5, 0.6) is 0 Å². The van der Waals surface area contributed by atoms with Crippen LogP contribution < -0.4 is 5.32 Å². The van der Waals surface area contributed by atoms with Crippen molar-refractivity contribution in [2.75, 3.05) is 18.9 Å². The molecular formula is C23H32N4O3S2. The van der Waals surface area contributed by atoms with Crippen molar-refractivity contribution in [3.63, 3.8) is 0 Å². The maximum Gasteiger partial charge on any atom is 0.305 e. The summed E-state index contributed by atoms with van der Waals surface area (Å²) in [6, 6.07) is 4.44. The van der Waals surface area contributed by atoms with Gasteiger partial charge in [0.15, 0.2) is 11.0 Å². The van der Waals surface area contributed by atoms with Gasteiger partial charge in [-0.3, -0.25) is 14.2 Å². The van der Waals surface area contributed by atoms with E-state index in [2.05, 4.69) is 38.5 Å². The minimum atomic E-state index is -0.222. The fourth-order valence-electron chi connectivity index (χ4n) is 5.27. The predicted molar refractivity (Wildman–Crippen MR) is 127 cm³/mol. The molecule has 4 atom stereocenters. The number of thiophene rings is 1. The number of carbonyl (C=O) groups excluding carboxylic acids is 2. The Morgan fingerprint density at radius 3 is 2.91 bits per heavy atom. The van der Waals surface area contributed by atoms with Crippen molar-refractivity contribution < 1.29 is 14.3 Å². The highest BCUT2D eigenvalue weighted by molar-refractivity contribution is 7.99. The summed E-state index contributed by atoms with van der Waals surface area (Å²) in [6.07, 6.45) is 6.27. The van der Waals surface area contributed by atoms with Crippen LogP contribution in [0.4, 0.5) is 0 Å². The summed E-state index contributed by atoms with van der Waals surface area (Å²) >= 11 is 3.12. The molecule has 2 aliphatic rings. The molecule has 0 aromatic carbocycles. The third-order valence-corrected chi connectivity index (χ3v) is 8.55. The number of thioether (sulfide) groups is 1. The van der Waals surface area contributed by atoms with Crippen LogP contribution in [0.25, 0.3) is 10.7 Å². The molecule has 0 radical (unpaired) electrons. The van der Waals surface area contributed by atoms with Crippen LogP contribution >= 0.6 is 23.1 Å². The topological polar surface area (TPSA) is 86.1 Å². The number of nitrogens with zero attached hydrogens (tertiary/aromatic N) is 3. The van der Waals surface area contributed by atoms with Crippen molar-refractivity contribution in [2.45, 2.75) is 63.6 Å². The molecular weight excluding hydrogens is 444 g/mol. The normalized spacial score (nSPS) is 22.8. The molecule has 9 heteroatoms. The molecule has 2 aromatic rings. The van der Waals surface area contributed by atoms with Gasteiger partial charge in [0, 0.05) is 19.0 Å². The van der Waals surface area contributed by atoms with Crippen molar-refractivity contribution in [3.05, 3.63) is 17.5 Å². The minimum Gasteiger partial charge on any atom is -0.466 e. The van der Waals surface area contributed by atoms with E-state index in [1.165, 1.54) is 37.4 Å². The fourth-order valence-corrected chi connectivity index (χ4v) is 6.83. The van der Waals surface area contributed by atoms with E-state index in [1.807, 2.05) is 6.07 Å². The quantitative estimate of drug-likeness (QED) is 0.291. The number of hydrogen-bond donors (Lipinski definition) is 1. The number of rotatable bonds is 11. The van der Waals surface area contributed by atoms with E-state index in [0.29, 0.717) is 38.0 Å². The number of aromatic nitrogens is 3. The average Bonchev–Trinajstić information content (AvgIpc) is 3.58. The molecule has 7 nitrogen and oxygen atoms in total. The van der Waals surface area contributed by atoms with Gasteiger partial charge in [-0.1, -0.05) is 24.2 Å². The summed E-state index contributed by atoms with van der Waals surface area (Å²) < 4.78 is 7.18. The lowest BCUT2D eigenvalue weighted by Crippen LogP contribution is -2.27. The van der Waals surface area contributed by atoms with Crippen LogP contribution in [0.3, 0.4) is 0 Å². The van der Waals surface area contributed by atoms with Gasteiger partial charge in [0.2, 0.25) is 5.91 Å². The molecule has 32 heavy (non-hydrogen) atoms. The lowest BCUT2D eigenvalue weighted by Gasteiger charge is -2.30. The zero-order chi connectivity index (χ0) is 22.5. The highest BCUT2D eigenvalue weighted by Crippen LogP contribution is 2.53. The second-order valence-corrected chi connectivity index (χ2v) is 10.7. The van der Waals surface area contributed by atoms with Gasteiger partial charge in [-0.2, -0.15) is 0 Å². The van der Waals surface area contributed by atoms with Crippen LogP contribution in [-0.4, -0.2) is 45.5 Å². The number of ether oxygens (including phenoxy) is 1. The van der Waals surface area contributed by atoms with E-state index in [4.69, 9.17) is 4.74 Å². The zero-order valence-corrected chi connectivity index (χ0v) is 20.4. The summed E-state index contributed by atoms with van der Waals surface area (Å²) in [5.41, 5.74) is 0. The molecule has 1 N–H and O–H groups in total. The Morgan fingerprint density at radius 1 is 1.34 bits per heavy atom. The molecule has 2 fully saturated rings. The van der Waals surface area contributed by atoms with E-state index < -0.39 is 0 Å². The van der Waals surface area contributed by atoms with Gasteiger partial charge in [-0.15, -0.1) is 21.5 Å². The standard InChI is InChI=1S/C23H32N4O3S2/c1-3-30-21(29)7-4-10-24-20(28)14-32-23-26-25-22(19-6-5-11-31-19)27(23)15(2)18-13-16-8-9-17(18)12-16/h5-6,11,15-18H,3-4,7-10,12-14H2,1-2H3,(H,24,28)/t15-,16-,17-,18+/m0/s1. The van der Waals surface area contributed by atoms with E-state index in [1.54, 1.807) is 18.3 Å². The molecule has 174 valence electrons. The first-order chi connectivity index (χ1) is 15.6. The largest absolute Gasteiger partial charge is 0.466 e. The lowest BCUT2D eigenvalue weighted by atomic mass is 9.84. The number of hydrogen-bond acceptors (Lipinski definition) is 7. The van der Waals surface area contributed by atoms with E-state index in [-0.39, 0.29) is 17.6 Å². The molecule has 0 spiro atoms. The van der Waals surface area contributed by atoms with Crippen LogP contribution in [0.15, 0.2) is 22.7 Å². The minimum absolute atomic E-state index is 0.0568. The number of amides is 1. The van der Waals surface area contributed by atoms with Gasteiger partial charge in [0.1, 0.15) is 0 Å². The summed E-state index contributed by atoms with van der Waals surface area (Å²) in [6.45, 7) is 4.94. The molecule has 0 unspecified atom stereocenters. The third kappa shape index (κ3) is 5.36. The Morgan fingerprint density at radius 2 is 2.22 bits per heavy atom. The molecule has 2 bridgehead atoms. The van der Waals surface area contributed by atoms with E-state index in [0.717, 1.165) is 27.7 Å². The summed E-state index contributed by atoms with van der Waals surface area (Å²) in [7, 11) is 0. The van der Waals surface area contributed by atoms with E-state index >= 15 is 0 Å². The van der Waals surface area contributed by atoms with Crippen LogP contribution in [0, 0.1) is 17.8 Å². The van der Waals surface area contributed by atoms with Gasteiger partial charge in [-0.05, 0) is 68.7 Å². The lowest BCUT2D eigenvalue weighted by molar-refractivity contribution is -0.143. The first-order valence-electron chi connectivity index (χ1n) is 11.6. The second kappa shape index (κ2) is 10.8. The molecule has 2 saturated carbocycles. The first kappa shape index (κ1) is 23.3. The summed E-state index contributed by atoms with van der Waals surface area (Å²) in [4.78, 5) is 24.9. The number of esters is 1. The molecule has 4 rings (SSSR count). The summed E-state index contributed by atoms with van der Waals surface area (Å²) in [5.74, 6) is 3.25. The molecule has 1 amide bonds. The van der Waals surface area contributed by atoms with Crippen LogP contribution in [0.2, 0.25) is 0 Å². The van der Waals surface area contributed by atoms with Crippen molar-refractivity contribution >= 4 is 35.0 Å². The zero-order valence-electron chi connectivity index (χ0n) is 18.8. The van der Waals surface area contributed by atoms with Gasteiger partial charge < -0.3 is 10.1 Å². The third-order valence-electron chi connectivity index (χ3n) is 6.74. The highest BCUT2D eigenvalue weighted by atomic mass is 32.2. The van der Waals surface area contributed by atoms with Crippen molar-refractivity contribution in [3.8, 4) is 10.7 Å².